The molecule has 2 aromatic rings. The highest BCUT2D eigenvalue weighted by molar-refractivity contribution is 14.1. The van der Waals surface area contributed by atoms with Crippen molar-refractivity contribution in [2.24, 2.45) is 0 Å². The van der Waals surface area contributed by atoms with Crippen LogP contribution in [0.5, 0.6) is 0 Å². The van der Waals surface area contributed by atoms with Crippen LogP contribution in [0.3, 0.4) is 0 Å². The highest BCUT2D eigenvalue weighted by Gasteiger charge is 2.28. The molecule has 0 atom stereocenters. The van der Waals surface area contributed by atoms with E-state index in [0.717, 1.165) is 14.7 Å². The van der Waals surface area contributed by atoms with Crippen molar-refractivity contribution < 1.29 is 13.2 Å². The fraction of sp³-hybridized carbons (Fsp3) is 0.273. The molecule has 162 valence electrons. The summed E-state index contributed by atoms with van der Waals surface area (Å²) in [4.78, 5) is 14.6. The number of nitrogens with one attached hydrogen (secondary N) is 1. The Labute approximate surface area is 196 Å². The molecule has 0 aromatic heterocycles. The van der Waals surface area contributed by atoms with Crippen LogP contribution in [-0.2, 0) is 14.8 Å². The Morgan fingerprint density at radius 2 is 1.74 bits per heavy atom. The van der Waals surface area contributed by atoms with E-state index in [1.54, 1.807) is 35.2 Å². The van der Waals surface area contributed by atoms with Crippen LogP contribution in [0.25, 0.3) is 0 Å². The number of carbonyl (C=O) groups is 1. The molecule has 1 amide bonds. The van der Waals surface area contributed by atoms with Gasteiger partial charge in [0.2, 0.25) is 10.0 Å². The third kappa shape index (κ3) is 5.64. The van der Waals surface area contributed by atoms with Gasteiger partial charge in [0, 0.05) is 41.6 Å². The van der Waals surface area contributed by atoms with Gasteiger partial charge in [0.25, 0.3) is 5.91 Å². The van der Waals surface area contributed by atoms with Gasteiger partial charge >= 0.3 is 0 Å². The quantitative estimate of drug-likeness (QED) is 0.351. The van der Waals surface area contributed by atoms with Gasteiger partial charge in [0.15, 0.2) is 0 Å². The van der Waals surface area contributed by atoms with Crippen molar-refractivity contribution in [3.63, 3.8) is 0 Å². The Morgan fingerprint density at radius 1 is 1.10 bits per heavy atom. The minimum atomic E-state index is -3.56. The normalized spacial score (nSPS) is 15.4. The SMILES string of the molecule is Cc1ccc(S(=O)(=O)N2CCN(/C=C(/C#N)C(=O)Nc3ccc(I)cc3C)CC2)cc1. The van der Waals surface area contributed by atoms with Crippen LogP contribution in [0.2, 0.25) is 0 Å². The summed E-state index contributed by atoms with van der Waals surface area (Å²) in [5, 5.41) is 12.2. The molecule has 31 heavy (non-hydrogen) atoms. The highest BCUT2D eigenvalue weighted by Crippen LogP contribution is 2.20. The average Bonchev–Trinajstić information content (AvgIpc) is 2.74. The molecule has 7 nitrogen and oxygen atoms in total. The van der Waals surface area contributed by atoms with Crippen LogP contribution in [-0.4, -0.2) is 49.7 Å². The van der Waals surface area contributed by atoms with E-state index < -0.39 is 15.9 Å². The second kappa shape index (κ2) is 9.80. The highest BCUT2D eigenvalue weighted by atomic mass is 127. The van der Waals surface area contributed by atoms with Crippen molar-refractivity contribution >= 4 is 44.2 Å². The van der Waals surface area contributed by atoms with Crippen molar-refractivity contribution in [2.75, 3.05) is 31.5 Å². The number of hydrogen-bond acceptors (Lipinski definition) is 5. The van der Waals surface area contributed by atoms with Gasteiger partial charge in [-0.1, -0.05) is 17.7 Å². The van der Waals surface area contributed by atoms with Gasteiger partial charge in [-0.2, -0.15) is 9.57 Å². The molecule has 0 bridgehead atoms. The molecule has 0 saturated carbocycles. The number of hydrogen-bond donors (Lipinski definition) is 1. The lowest BCUT2D eigenvalue weighted by Gasteiger charge is -2.33. The number of nitriles is 1. The predicted molar refractivity (Wildman–Crippen MR) is 128 cm³/mol. The third-order valence-electron chi connectivity index (χ3n) is 5.05. The summed E-state index contributed by atoms with van der Waals surface area (Å²) in [5.41, 5.74) is 2.54. The lowest BCUT2D eigenvalue weighted by atomic mass is 10.2. The number of halogens is 1. The van der Waals surface area contributed by atoms with E-state index in [2.05, 4.69) is 27.9 Å². The number of piperazine rings is 1. The zero-order valence-corrected chi connectivity index (χ0v) is 20.3. The maximum Gasteiger partial charge on any atom is 0.267 e. The molecule has 3 rings (SSSR count). The molecular formula is C22H23IN4O3S. The molecule has 0 radical (unpaired) electrons. The molecule has 1 N–H and O–H groups in total. The van der Waals surface area contributed by atoms with Gasteiger partial charge in [-0.15, -0.1) is 0 Å². The van der Waals surface area contributed by atoms with E-state index in [4.69, 9.17) is 0 Å². The predicted octanol–water partition coefficient (Wildman–Crippen LogP) is 3.26. The zero-order chi connectivity index (χ0) is 22.6. The lowest BCUT2D eigenvalue weighted by Crippen LogP contribution is -2.46. The number of benzene rings is 2. The smallest absolute Gasteiger partial charge is 0.267 e. The molecule has 1 saturated heterocycles. The van der Waals surface area contributed by atoms with Crippen molar-refractivity contribution in [1.29, 1.82) is 5.26 Å². The Kier molecular flexibility index (Phi) is 7.35. The molecule has 9 heteroatoms. The first-order valence-electron chi connectivity index (χ1n) is 9.71. The van der Waals surface area contributed by atoms with Crippen molar-refractivity contribution in [3.05, 3.63) is 68.9 Å². The molecule has 1 heterocycles. The molecule has 0 aliphatic carbocycles. The van der Waals surface area contributed by atoms with E-state index in [1.807, 2.05) is 32.0 Å². The van der Waals surface area contributed by atoms with Gasteiger partial charge in [-0.05, 0) is 72.3 Å². The number of anilines is 1. The summed E-state index contributed by atoms with van der Waals surface area (Å²) in [5.74, 6) is -0.485. The van der Waals surface area contributed by atoms with E-state index in [9.17, 15) is 18.5 Å². The van der Waals surface area contributed by atoms with Crippen molar-refractivity contribution in [3.8, 4) is 6.07 Å². The van der Waals surface area contributed by atoms with Crippen LogP contribution >= 0.6 is 22.6 Å². The summed E-state index contributed by atoms with van der Waals surface area (Å²) in [6, 6.07) is 14.4. The maximum atomic E-state index is 12.8. The number of carbonyl (C=O) groups excluding carboxylic acids is 1. The second-order valence-electron chi connectivity index (χ2n) is 7.32. The van der Waals surface area contributed by atoms with Crippen LogP contribution in [0.1, 0.15) is 11.1 Å². The number of amides is 1. The first-order chi connectivity index (χ1) is 14.7. The summed E-state index contributed by atoms with van der Waals surface area (Å²) in [7, 11) is -3.56. The van der Waals surface area contributed by atoms with Crippen molar-refractivity contribution in [1.82, 2.24) is 9.21 Å². The number of sulfonamides is 1. The number of nitrogens with zero attached hydrogens (tertiary/aromatic N) is 3. The monoisotopic (exact) mass is 550 g/mol. The lowest BCUT2D eigenvalue weighted by molar-refractivity contribution is -0.112. The molecule has 2 aromatic carbocycles. The Balaban J connectivity index is 1.65. The van der Waals surface area contributed by atoms with Gasteiger partial charge in [-0.25, -0.2) is 8.42 Å². The van der Waals surface area contributed by atoms with E-state index in [1.165, 1.54) is 10.5 Å². The topological polar surface area (TPSA) is 93.5 Å². The van der Waals surface area contributed by atoms with Gasteiger partial charge in [0.1, 0.15) is 11.6 Å². The van der Waals surface area contributed by atoms with Crippen LogP contribution in [0.15, 0.2) is 59.1 Å². The maximum absolute atomic E-state index is 12.8. The summed E-state index contributed by atoms with van der Waals surface area (Å²) in [6.07, 6.45) is 1.51. The summed E-state index contributed by atoms with van der Waals surface area (Å²) in [6.45, 7) is 5.15. The van der Waals surface area contributed by atoms with Gasteiger partial charge < -0.3 is 10.2 Å². The van der Waals surface area contributed by atoms with Gasteiger partial charge in [-0.3, -0.25) is 4.79 Å². The molecule has 1 fully saturated rings. The molecule has 1 aliphatic heterocycles. The van der Waals surface area contributed by atoms with E-state index in [0.29, 0.717) is 18.8 Å². The molecule has 0 unspecified atom stereocenters. The summed E-state index contributed by atoms with van der Waals surface area (Å²) >= 11 is 2.20. The summed E-state index contributed by atoms with van der Waals surface area (Å²) < 4.78 is 28.1. The van der Waals surface area contributed by atoms with E-state index >= 15 is 0 Å². The molecule has 0 spiro atoms. The molecular weight excluding hydrogens is 527 g/mol. The van der Waals surface area contributed by atoms with E-state index in [-0.39, 0.29) is 23.6 Å². The minimum absolute atomic E-state index is 0.0206. The van der Waals surface area contributed by atoms with Crippen LogP contribution in [0, 0.1) is 28.7 Å². The Hall–Kier alpha value is -2.42. The molecule has 1 aliphatic rings. The fourth-order valence-electron chi connectivity index (χ4n) is 3.21. The van der Waals surface area contributed by atoms with Gasteiger partial charge in [0.05, 0.1) is 4.90 Å². The third-order valence-corrected chi connectivity index (χ3v) is 7.63. The Morgan fingerprint density at radius 3 is 2.32 bits per heavy atom. The Bertz CT molecular complexity index is 1150. The number of rotatable bonds is 5. The van der Waals surface area contributed by atoms with Crippen LogP contribution in [0.4, 0.5) is 5.69 Å². The second-order valence-corrected chi connectivity index (χ2v) is 10.5. The standard InChI is InChI=1S/C22H23IN4O3S/c1-16-3-6-20(7-4-16)31(29,30)27-11-9-26(10-12-27)15-18(14-24)22(28)25-21-8-5-19(23)13-17(21)2/h3-8,13,15H,9-12H2,1-2H3,(H,25,28)/b18-15-. The van der Waals surface area contributed by atoms with Crippen LogP contribution < -0.4 is 5.32 Å². The number of aryl methyl sites for hydroxylation is 2. The minimum Gasteiger partial charge on any atom is -0.373 e. The first-order valence-corrected chi connectivity index (χ1v) is 12.2. The largest absolute Gasteiger partial charge is 0.373 e. The average molecular weight is 550 g/mol. The zero-order valence-electron chi connectivity index (χ0n) is 17.3. The fourth-order valence-corrected chi connectivity index (χ4v) is 5.28. The first kappa shape index (κ1) is 23.2. The van der Waals surface area contributed by atoms with Crippen molar-refractivity contribution in [2.45, 2.75) is 18.7 Å².